The number of rotatable bonds is 2. The summed E-state index contributed by atoms with van der Waals surface area (Å²) in [6.07, 6.45) is 2.10. The van der Waals surface area contributed by atoms with Gasteiger partial charge in [0.05, 0.1) is 22.2 Å². The Kier molecular flexibility index (Phi) is 4.30. The third-order valence-electron chi connectivity index (χ3n) is 8.01. The summed E-state index contributed by atoms with van der Waals surface area (Å²) < 4.78 is 8.24. The number of fused-ring (bicyclic) bond motifs is 9. The van der Waals surface area contributed by atoms with Gasteiger partial charge in [0.2, 0.25) is 0 Å². The van der Waals surface area contributed by atoms with Gasteiger partial charge in [0, 0.05) is 44.3 Å². The van der Waals surface area contributed by atoms with Crippen molar-refractivity contribution in [3.63, 3.8) is 0 Å². The third-order valence-corrected chi connectivity index (χ3v) is 8.01. The predicted octanol–water partition coefficient (Wildman–Crippen LogP) is 9.42. The molecule has 0 saturated carbocycles. The molecular formula is C36H21N3O. The van der Waals surface area contributed by atoms with Gasteiger partial charge in [-0.1, -0.05) is 84.9 Å². The van der Waals surface area contributed by atoms with E-state index in [2.05, 4.69) is 109 Å². The molecule has 0 aliphatic rings. The summed E-state index contributed by atoms with van der Waals surface area (Å²) in [6.45, 7) is 0. The highest BCUT2D eigenvalue weighted by Crippen LogP contribution is 2.39. The maximum atomic E-state index is 6.26. The molecule has 0 aliphatic heterocycles. The van der Waals surface area contributed by atoms with Crippen molar-refractivity contribution in [2.24, 2.45) is 0 Å². The molecule has 9 rings (SSSR count). The van der Waals surface area contributed by atoms with E-state index >= 15 is 0 Å². The van der Waals surface area contributed by atoms with Crippen molar-refractivity contribution in [1.29, 1.82) is 0 Å². The van der Waals surface area contributed by atoms with Crippen molar-refractivity contribution in [2.45, 2.75) is 0 Å². The summed E-state index contributed by atoms with van der Waals surface area (Å²) in [6, 6.07) is 42.3. The Hall–Kier alpha value is -5.48. The van der Waals surface area contributed by atoms with Gasteiger partial charge in [0.25, 0.3) is 0 Å². The number of nitrogens with zero attached hydrogens (tertiary/aromatic N) is 3. The lowest BCUT2D eigenvalue weighted by Gasteiger charge is -2.11. The van der Waals surface area contributed by atoms with Crippen LogP contribution in [-0.2, 0) is 0 Å². The van der Waals surface area contributed by atoms with Crippen LogP contribution < -0.4 is 0 Å². The molecule has 0 amide bonds. The maximum Gasteiger partial charge on any atom is 0.136 e. The zero-order chi connectivity index (χ0) is 26.2. The molecule has 0 aliphatic carbocycles. The molecule has 0 atom stereocenters. The summed E-state index contributed by atoms with van der Waals surface area (Å²) >= 11 is 0. The van der Waals surface area contributed by atoms with Crippen molar-refractivity contribution >= 4 is 60.0 Å². The van der Waals surface area contributed by atoms with E-state index in [0.29, 0.717) is 0 Å². The fraction of sp³-hybridized carbons (Fsp3) is 0. The highest BCUT2D eigenvalue weighted by molar-refractivity contribution is 6.18. The van der Waals surface area contributed by atoms with Crippen molar-refractivity contribution in [3.05, 3.63) is 128 Å². The highest BCUT2D eigenvalue weighted by atomic mass is 16.3. The predicted molar refractivity (Wildman–Crippen MR) is 164 cm³/mol. The molecule has 5 aromatic carbocycles. The molecule has 0 spiro atoms. The lowest BCUT2D eigenvalue weighted by molar-refractivity contribution is 0.669. The SMILES string of the molecule is c1ccc2c(c1)nc(-c1ccc(-c3ccc4c5ccccc5nn4c3)cc1)c1cc3oc4ccccc4c3cc12. The third kappa shape index (κ3) is 3.07. The summed E-state index contributed by atoms with van der Waals surface area (Å²) in [5.74, 6) is 0. The first kappa shape index (κ1) is 21.5. The molecule has 9 aromatic rings. The second-order valence-electron chi connectivity index (χ2n) is 10.3. The second-order valence-corrected chi connectivity index (χ2v) is 10.3. The first-order valence-electron chi connectivity index (χ1n) is 13.4. The van der Waals surface area contributed by atoms with E-state index in [4.69, 9.17) is 14.5 Å². The van der Waals surface area contributed by atoms with Crippen LogP contribution in [0.1, 0.15) is 0 Å². The van der Waals surface area contributed by atoms with Crippen molar-refractivity contribution < 1.29 is 4.42 Å². The average molecular weight is 512 g/mol. The van der Waals surface area contributed by atoms with E-state index in [0.717, 1.165) is 77.0 Å². The van der Waals surface area contributed by atoms with Crippen LogP contribution in [0, 0.1) is 0 Å². The summed E-state index contributed by atoms with van der Waals surface area (Å²) in [7, 11) is 0. The molecule has 186 valence electrons. The number of hydrogen-bond acceptors (Lipinski definition) is 3. The number of benzene rings is 5. The largest absolute Gasteiger partial charge is 0.456 e. The summed E-state index contributed by atoms with van der Waals surface area (Å²) in [5, 5.41) is 11.6. The van der Waals surface area contributed by atoms with Crippen LogP contribution in [0.3, 0.4) is 0 Å². The summed E-state index contributed by atoms with van der Waals surface area (Å²) in [5.41, 5.74) is 9.15. The van der Waals surface area contributed by atoms with Crippen LogP contribution >= 0.6 is 0 Å². The van der Waals surface area contributed by atoms with Gasteiger partial charge in [0.15, 0.2) is 0 Å². The Balaban J connectivity index is 1.22. The molecule has 4 aromatic heterocycles. The number of para-hydroxylation sites is 2. The highest BCUT2D eigenvalue weighted by Gasteiger charge is 2.15. The minimum atomic E-state index is 0.878. The van der Waals surface area contributed by atoms with Crippen LogP contribution in [0.25, 0.3) is 82.4 Å². The van der Waals surface area contributed by atoms with Crippen LogP contribution in [0.2, 0.25) is 0 Å². The van der Waals surface area contributed by atoms with E-state index in [1.807, 2.05) is 22.7 Å². The van der Waals surface area contributed by atoms with Gasteiger partial charge >= 0.3 is 0 Å². The Morgan fingerprint density at radius 3 is 2.05 bits per heavy atom. The fourth-order valence-corrected chi connectivity index (χ4v) is 6.06. The van der Waals surface area contributed by atoms with E-state index in [9.17, 15) is 0 Å². The van der Waals surface area contributed by atoms with Gasteiger partial charge in [-0.05, 0) is 47.3 Å². The van der Waals surface area contributed by atoms with Gasteiger partial charge in [-0.25, -0.2) is 9.50 Å². The smallest absolute Gasteiger partial charge is 0.136 e. The molecule has 4 nitrogen and oxygen atoms in total. The maximum absolute atomic E-state index is 6.26. The van der Waals surface area contributed by atoms with Gasteiger partial charge in [0.1, 0.15) is 11.2 Å². The number of furan rings is 1. The van der Waals surface area contributed by atoms with E-state index < -0.39 is 0 Å². The number of pyridine rings is 2. The minimum Gasteiger partial charge on any atom is -0.456 e. The number of hydrogen-bond donors (Lipinski definition) is 0. The lowest BCUT2D eigenvalue weighted by atomic mass is 9.97. The van der Waals surface area contributed by atoms with E-state index in [-0.39, 0.29) is 0 Å². The molecule has 0 unspecified atom stereocenters. The van der Waals surface area contributed by atoms with Crippen LogP contribution in [0.4, 0.5) is 0 Å². The second kappa shape index (κ2) is 8.01. The zero-order valence-corrected chi connectivity index (χ0v) is 21.4. The average Bonchev–Trinajstić information content (AvgIpc) is 3.57. The van der Waals surface area contributed by atoms with Gasteiger partial charge in [-0.2, -0.15) is 5.10 Å². The van der Waals surface area contributed by atoms with Crippen LogP contribution in [0.5, 0.6) is 0 Å². The lowest BCUT2D eigenvalue weighted by Crippen LogP contribution is -1.91. The van der Waals surface area contributed by atoms with Crippen molar-refractivity contribution in [1.82, 2.24) is 14.6 Å². The van der Waals surface area contributed by atoms with E-state index in [1.54, 1.807) is 0 Å². The molecular weight excluding hydrogens is 490 g/mol. The minimum absolute atomic E-state index is 0.878. The number of aromatic nitrogens is 3. The van der Waals surface area contributed by atoms with Gasteiger partial charge in [-0.3, -0.25) is 0 Å². The Labute approximate surface area is 228 Å². The molecule has 4 heterocycles. The van der Waals surface area contributed by atoms with E-state index in [1.165, 1.54) is 5.39 Å². The van der Waals surface area contributed by atoms with Crippen molar-refractivity contribution in [2.75, 3.05) is 0 Å². The molecule has 4 heteroatoms. The first-order valence-corrected chi connectivity index (χ1v) is 13.4. The standard InChI is InChI=1S/C36H21N3O/c1-4-10-31-25(7-1)28-19-29-26-8-3-6-12-34(26)40-35(29)20-30(28)36(37-31)23-15-13-22(14-16-23)24-17-18-33-27-9-2-5-11-32(27)38-39(33)21-24/h1-21H. The fourth-order valence-electron chi connectivity index (χ4n) is 6.06. The molecule has 0 radical (unpaired) electrons. The Morgan fingerprint density at radius 2 is 1.18 bits per heavy atom. The van der Waals surface area contributed by atoms with Gasteiger partial charge in [-0.15, -0.1) is 0 Å². The Bertz CT molecular complexity index is 2430. The first-order chi connectivity index (χ1) is 19.8. The Morgan fingerprint density at radius 1 is 0.475 bits per heavy atom. The van der Waals surface area contributed by atoms with Crippen LogP contribution in [-0.4, -0.2) is 14.6 Å². The zero-order valence-electron chi connectivity index (χ0n) is 21.4. The molecule has 0 saturated heterocycles. The monoisotopic (exact) mass is 511 g/mol. The van der Waals surface area contributed by atoms with Gasteiger partial charge < -0.3 is 4.42 Å². The normalized spacial score (nSPS) is 12.0. The quantitative estimate of drug-likeness (QED) is 0.217. The summed E-state index contributed by atoms with van der Waals surface area (Å²) in [4.78, 5) is 5.15. The molecule has 0 N–H and O–H groups in total. The van der Waals surface area contributed by atoms with Crippen molar-refractivity contribution in [3.8, 4) is 22.4 Å². The topological polar surface area (TPSA) is 43.3 Å². The molecule has 0 bridgehead atoms. The van der Waals surface area contributed by atoms with Crippen LogP contribution in [0.15, 0.2) is 132 Å². The molecule has 0 fully saturated rings. The molecule has 40 heavy (non-hydrogen) atoms.